The number of ether oxygens (including phenoxy) is 1. The topological polar surface area (TPSA) is 97.1 Å². The second-order valence-electron chi connectivity index (χ2n) is 9.42. The summed E-state index contributed by atoms with van der Waals surface area (Å²) in [6.45, 7) is 8.31. The number of urea groups is 1. The van der Waals surface area contributed by atoms with Crippen LogP contribution in [0.2, 0.25) is 0 Å². The first-order valence-electron chi connectivity index (χ1n) is 10.9. The van der Waals surface area contributed by atoms with Gasteiger partial charge in [0.2, 0.25) is 0 Å². The Morgan fingerprint density at radius 3 is 2.55 bits per heavy atom. The molecule has 0 aliphatic carbocycles. The second kappa shape index (κ2) is 9.56. The molecular weight excluding hydrogens is 396 g/mol. The molecule has 31 heavy (non-hydrogen) atoms. The van der Waals surface area contributed by atoms with Crippen LogP contribution in [-0.2, 0) is 4.74 Å². The van der Waals surface area contributed by atoms with E-state index < -0.39 is 5.60 Å². The quantitative estimate of drug-likeness (QED) is 0.795. The highest BCUT2D eigenvalue weighted by atomic mass is 16.6. The van der Waals surface area contributed by atoms with Gasteiger partial charge in [0.1, 0.15) is 5.60 Å². The summed E-state index contributed by atoms with van der Waals surface area (Å²) in [6.07, 6.45) is 1.32. The molecule has 1 unspecified atom stereocenters. The predicted octanol–water partition coefficient (Wildman–Crippen LogP) is 3.06. The predicted molar refractivity (Wildman–Crippen MR) is 117 cm³/mol. The van der Waals surface area contributed by atoms with Gasteiger partial charge in [0, 0.05) is 50.9 Å². The Hall–Kier alpha value is -2.79. The van der Waals surface area contributed by atoms with Crippen LogP contribution in [0, 0.1) is 23.2 Å². The molecule has 2 fully saturated rings. The van der Waals surface area contributed by atoms with E-state index in [9.17, 15) is 20.0 Å². The number of nitriles is 1. The summed E-state index contributed by atoms with van der Waals surface area (Å²) in [4.78, 5) is 30.7. The van der Waals surface area contributed by atoms with Crippen molar-refractivity contribution >= 4 is 17.8 Å². The minimum absolute atomic E-state index is 0.00465. The third-order valence-electron chi connectivity index (χ3n) is 5.71. The van der Waals surface area contributed by atoms with Gasteiger partial charge >= 0.3 is 12.1 Å². The normalized spacial score (nSPS) is 20.5. The van der Waals surface area contributed by atoms with E-state index in [1.165, 1.54) is 0 Å². The zero-order chi connectivity index (χ0) is 22.6. The molecule has 2 heterocycles. The number of nitrogens with zero attached hydrogens (tertiary/aromatic N) is 4. The largest absolute Gasteiger partial charge is 0.444 e. The number of anilines is 1. The summed E-state index contributed by atoms with van der Waals surface area (Å²) in [5.74, 6) is 0.234. The average Bonchev–Trinajstić information content (AvgIpc) is 2.74. The molecule has 0 radical (unpaired) electrons. The average molecular weight is 429 g/mol. The van der Waals surface area contributed by atoms with Crippen LogP contribution in [0.1, 0.15) is 39.2 Å². The SMILES string of the molecule is CC(C)(C)OC(=O)N1CCC(CN2CC(CO)CN(c3cccc(C#N)c3)C2=O)CC1. The van der Waals surface area contributed by atoms with E-state index in [2.05, 4.69) is 6.07 Å². The minimum Gasteiger partial charge on any atom is -0.444 e. The maximum absolute atomic E-state index is 13.2. The first-order chi connectivity index (χ1) is 14.7. The number of carbonyl (C=O) groups excluding carboxylic acids is 2. The molecule has 2 saturated heterocycles. The number of piperidine rings is 1. The molecule has 1 atom stereocenters. The fourth-order valence-electron chi connectivity index (χ4n) is 4.12. The van der Waals surface area contributed by atoms with Gasteiger partial charge in [-0.1, -0.05) is 6.07 Å². The van der Waals surface area contributed by atoms with E-state index in [1.807, 2.05) is 26.8 Å². The van der Waals surface area contributed by atoms with Crippen molar-refractivity contribution in [1.82, 2.24) is 9.80 Å². The van der Waals surface area contributed by atoms with Crippen LogP contribution >= 0.6 is 0 Å². The van der Waals surface area contributed by atoms with Crippen LogP contribution in [0.4, 0.5) is 15.3 Å². The third kappa shape index (κ3) is 5.88. The van der Waals surface area contributed by atoms with Gasteiger partial charge in [-0.3, -0.25) is 4.90 Å². The monoisotopic (exact) mass is 428 g/mol. The number of benzene rings is 1. The van der Waals surface area contributed by atoms with Gasteiger partial charge in [0.15, 0.2) is 0 Å². The molecule has 3 rings (SSSR count). The highest BCUT2D eigenvalue weighted by Crippen LogP contribution is 2.27. The Labute approximate surface area is 184 Å². The van der Waals surface area contributed by atoms with Crippen LogP contribution in [0.5, 0.6) is 0 Å². The Morgan fingerprint density at radius 2 is 1.94 bits per heavy atom. The maximum Gasteiger partial charge on any atom is 0.410 e. The number of hydrogen-bond acceptors (Lipinski definition) is 5. The van der Waals surface area contributed by atoms with E-state index in [1.54, 1.807) is 32.9 Å². The van der Waals surface area contributed by atoms with E-state index in [-0.39, 0.29) is 30.6 Å². The van der Waals surface area contributed by atoms with E-state index >= 15 is 0 Å². The van der Waals surface area contributed by atoms with Gasteiger partial charge in [0.05, 0.1) is 11.6 Å². The molecule has 0 saturated carbocycles. The van der Waals surface area contributed by atoms with Crippen LogP contribution in [0.3, 0.4) is 0 Å². The van der Waals surface area contributed by atoms with Crippen LogP contribution in [0.15, 0.2) is 24.3 Å². The van der Waals surface area contributed by atoms with E-state index in [0.29, 0.717) is 44.0 Å². The number of rotatable bonds is 4. The Kier molecular flexibility index (Phi) is 7.06. The standard InChI is InChI=1S/C23H32N4O4/c1-23(2,3)31-22(30)25-9-7-17(8-10-25)13-26-14-19(16-28)15-27(21(26)29)20-6-4-5-18(11-20)12-24/h4-6,11,17,19,28H,7-10,13-16H2,1-3H3. The summed E-state index contributed by atoms with van der Waals surface area (Å²) >= 11 is 0. The molecule has 8 heteroatoms. The highest BCUT2D eigenvalue weighted by Gasteiger charge is 2.35. The fourth-order valence-corrected chi connectivity index (χ4v) is 4.12. The van der Waals surface area contributed by atoms with Crippen molar-refractivity contribution in [3.05, 3.63) is 29.8 Å². The smallest absolute Gasteiger partial charge is 0.410 e. The molecule has 2 aliphatic rings. The van der Waals surface area contributed by atoms with Gasteiger partial charge in [-0.2, -0.15) is 5.26 Å². The minimum atomic E-state index is -0.514. The van der Waals surface area contributed by atoms with Crippen molar-refractivity contribution in [2.75, 3.05) is 44.2 Å². The number of aliphatic hydroxyl groups is 1. The Balaban J connectivity index is 1.62. The van der Waals surface area contributed by atoms with E-state index in [0.717, 1.165) is 12.8 Å². The van der Waals surface area contributed by atoms with Crippen molar-refractivity contribution < 1.29 is 19.4 Å². The molecule has 0 aromatic heterocycles. The van der Waals surface area contributed by atoms with Gasteiger partial charge in [-0.25, -0.2) is 9.59 Å². The summed E-state index contributed by atoms with van der Waals surface area (Å²) in [5, 5.41) is 19.0. The number of aliphatic hydroxyl groups excluding tert-OH is 1. The van der Waals surface area contributed by atoms with Crippen LogP contribution in [-0.4, -0.2) is 72.0 Å². The molecule has 0 bridgehead atoms. The highest BCUT2D eigenvalue weighted by molar-refractivity contribution is 5.93. The first-order valence-corrected chi connectivity index (χ1v) is 10.9. The van der Waals surface area contributed by atoms with Gasteiger partial charge in [-0.05, 0) is 57.7 Å². The number of carbonyl (C=O) groups is 2. The van der Waals surface area contributed by atoms with Gasteiger partial charge in [0.25, 0.3) is 0 Å². The molecule has 168 valence electrons. The van der Waals surface area contributed by atoms with Crippen molar-refractivity contribution in [3.8, 4) is 6.07 Å². The van der Waals surface area contributed by atoms with Crippen molar-refractivity contribution in [2.45, 2.75) is 39.2 Å². The second-order valence-corrected chi connectivity index (χ2v) is 9.42. The molecular formula is C23H32N4O4. The molecule has 0 spiro atoms. The summed E-state index contributed by atoms with van der Waals surface area (Å²) in [6, 6.07) is 8.99. The van der Waals surface area contributed by atoms with Crippen molar-refractivity contribution in [2.24, 2.45) is 11.8 Å². The molecule has 8 nitrogen and oxygen atoms in total. The van der Waals surface area contributed by atoms with E-state index in [4.69, 9.17) is 4.74 Å². The van der Waals surface area contributed by atoms with Crippen LogP contribution < -0.4 is 4.90 Å². The third-order valence-corrected chi connectivity index (χ3v) is 5.71. The lowest BCUT2D eigenvalue weighted by Crippen LogP contribution is -2.56. The molecule has 2 aliphatic heterocycles. The zero-order valence-electron chi connectivity index (χ0n) is 18.6. The molecule has 3 amide bonds. The lowest BCUT2D eigenvalue weighted by molar-refractivity contribution is 0.0169. The lowest BCUT2D eigenvalue weighted by Gasteiger charge is -2.42. The summed E-state index contributed by atoms with van der Waals surface area (Å²) < 4.78 is 5.46. The summed E-state index contributed by atoms with van der Waals surface area (Å²) in [7, 11) is 0. The maximum atomic E-state index is 13.2. The Bertz CT molecular complexity index is 837. The first kappa shape index (κ1) is 22.9. The lowest BCUT2D eigenvalue weighted by atomic mass is 9.95. The summed E-state index contributed by atoms with van der Waals surface area (Å²) in [5.41, 5.74) is 0.657. The molecule has 1 N–H and O–H groups in total. The molecule has 1 aromatic rings. The Morgan fingerprint density at radius 1 is 1.23 bits per heavy atom. The number of hydrogen-bond donors (Lipinski definition) is 1. The fraction of sp³-hybridized carbons (Fsp3) is 0.609. The van der Waals surface area contributed by atoms with Crippen molar-refractivity contribution in [3.63, 3.8) is 0 Å². The zero-order valence-corrected chi connectivity index (χ0v) is 18.6. The number of amides is 3. The van der Waals surface area contributed by atoms with Crippen molar-refractivity contribution in [1.29, 1.82) is 5.26 Å². The van der Waals surface area contributed by atoms with Gasteiger partial charge in [-0.15, -0.1) is 0 Å². The molecule has 1 aromatic carbocycles. The van der Waals surface area contributed by atoms with Gasteiger partial charge < -0.3 is 19.6 Å². The number of likely N-dealkylation sites (tertiary alicyclic amines) is 1. The van der Waals surface area contributed by atoms with Crippen LogP contribution in [0.25, 0.3) is 0 Å².